The van der Waals surface area contributed by atoms with E-state index in [-0.39, 0.29) is 23.1 Å². The third-order valence-corrected chi connectivity index (χ3v) is 8.36. The monoisotopic (exact) mass is 659 g/mol. The Kier molecular flexibility index (Phi) is 7.43. The quantitative estimate of drug-likeness (QED) is 0.234. The molecule has 0 atom stereocenters. The van der Waals surface area contributed by atoms with Gasteiger partial charge in [0.05, 0.1) is 20.4 Å². The van der Waals surface area contributed by atoms with Crippen LogP contribution in [0.3, 0.4) is 0 Å². The largest absolute Gasteiger partial charge is 0.449 e. The van der Waals surface area contributed by atoms with Crippen LogP contribution in [0, 0.1) is 20.2 Å². The number of Topliss-reactive ketones (excluding diaryl/α,β-unsaturated/α-hetero) is 2. The minimum atomic E-state index is -0.745. The molecule has 39 heavy (non-hydrogen) atoms. The maximum Gasteiger partial charge on any atom is 0.318 e. The van der Waals surface area contributed by atoms with Crippen molar-refractivity contribution in [1.82, 2.24) is 4.90 Å². The summed E-state index contributed by atoms with van der Waals surface area (Å²) in [6.45, 7) is 2.64. The standard InChI is InChI=1S/C27H23Br2N3O7/c1-2-30-18-5-3-7-21(33)25(18)24(26-19(30)6-4-8-22(26)34)16-11-14(28)12-17(29)27(16)39-23-10-9-15(31(35)36)13-20(23)32(37)38/h9-13,24H,2-8H2,1H3. The first kappa shape index (κ1) is 27.2. The molecule has 0 radical (unpaired) electrons. The average Bonchev–Trinajstić information content (AvgIpc) is 2.89. The molecule has 0 bridgehead atoms. The number of nitro groups is 2. The van der Waals surface area contributed by atoms with Gasteiger partial charge in [-0.15, -0.1) is 0 Å². The van der Waals surface area contributed by atoms with Crippen molar-refractivity contribution in [3.63, 3.8) is 0 Å². The fraction of sp³-hybridized carbons (Fsp3) is 0.333. The summed E-state index contributed by atoms with van der Waals surface area (Å²) in [7, 11) is 0. The summed E-state index contributed by atoms with van der Waals surface area (Å²) in [4.78, 5) is 50.7. The summed E-state index contributed by atoms with van der Waals surface area (Å²) < 4.78 is 7.24. The summed E-state index contributed by atoms with van der Waals surface area (Å²) in [5.41, 5.74) is 2.43. The number of allylic oxidation sites excluding steroid dienone is 4. The highest BCUT2D eigenvalue weighted by molar-refractivity contribution is 9.11. The highest BCUT2D eigenvalue weighted by Gasteiger charge is 2.44. The van der Waals surface area contributed by atoms with E-state index in [4.69, 9.17) is 4.74 Å². The Morgan fingerprint density at radius 2 is 1.54 bits per heavy atom. The Labute approximate surface area is 240 Å². The van der Waals surface area contributed by atoms with E-state index in [1.165, 1.54) is 6.07 Å². The average molecular weight is 661 g/mol. The van der Waals surface area contributed by atoms with Gasteiger partial charge in [-0.25, -0.2) is 0 Å². The normalized spacial score (nSPS) is 17.8. The number of hydrogen-bond acceptors (Lipinski definition) is 8. The van der Waals surface area contributed by atoms with E-state index in [0.29, 0.717) is 57.9 Å². The number of carbonyl (C=O) groups is 2. The van der Waals surface area contributed by atoms with Crippen LogP contribution in [-0.4, -0.2) is 32.9 Å². The summed E-state index contributed by atoms with van der Waals surface area (Å²) in [5.74, 6) is -0.782. The van der Waals surface area contributed by atoms with Gasteiger partial charge in [-0.1, -0.05) is 15.9 Å². The van der Waals surface area contributed by atoms with Gasteiger partial charge in [0.2, 0.25) is 5.75 Å². The van der Waals surface area contributed by atoms with E-state index in [1.54, 1.807) is 12.1 Å². The Bertz CT molecular complexity index is 1470. The molecule has 0 saturated heterocycles. The maximum absolute atomic E-state index is 13.5. The molecule has 2 aliphatic carbocycles. The highest BCUT2D eigenvalue weighted by atomic mass is 79.9. The lowest BCUT2D eigenvalue weighted by Crippen LogP contribution is -2.39. The van der Waals surface area contributed by atoms with Crippen molar-refractivity contribution in [2.24, 2.45) is 0 Å². The Balaban J connectivity index is 1.75. The van der Waals surface area contributed by atoms with Gasteiger partial charge in [-0.05, 0) is 66.7 Å². The topological polar surface area (TPSA) is 133 Å². The zero-order chi connectivity index (χ0) is 28.0. The lowest BCUT2D eigenvalue weighted by Gasteiger charge is -2.43. The summed E-state index contributed by atoms with van der Waals surface area (Å²) in [6, 6.07) is 6.63. The molecule has 0 aromatic heterocycles. The first-order chi connectivity index (χ1) is 18.6. The highest BCUT2D eigenvalue weighted by Crippen LogP contribution is 2.53. The van der Waals surface area contributed by atoms with E-state index in [1.807, 2.05) is 6.92 Å². The second-order valence-corrected chi connectivity index (χ2v) is 11.3. The predicted molar refractivity (Wildman–Crippen MR) is 149 cm³/mol. The minimum Gasteiger partial charge on any atom is -0.449 e. The van der Waals surface area contributed by atoms with Gasteiger partial charge in [0.15, 0.2) is 11.6 Å². The molecule has 5 rings (SSSR count). The number of nitro benzene ring substituents is 2. The molecule has 10 nitrogen and oxygen atoms in total. The van der Waals surface area contributed by atoms with Gasteiger partial charge < -0.3 is 9.64 Å². The fourth-order valence-corrected chi connectivity index (χ4v) is 7.11. The van der Waals surface area contributed by atoms with E-state index in [0.717, 1.165) is 36.4 Å². The van der Waals surface area contributed by atoms with E-state index in [9.17, 15) is 29.8 Å². The van der Waals surface area contributed by atoms with Crippen molar-refractivity contribution in [1.29, 1.82) is 0 Å². The van der Waals surface area contributed by atoms with Crippen LogP contribution in [0.4, 0.5) is 11.4 Å². The molecule has 0 fully saturated rings. The van der Waals surface area contributed by atoms with Crippen LogP contribution in [-0.2, 0) is 9.59 Å². The molecule has 12 heteroatoms. The molecule has 202 valence electrons. The van der Waals surface area contributed by atoms with Gasteiger partial charge >= 0.3 is 5.69 Å². The molecule has 2 aromatic carbocycles. The van der Waals surface area contributed by atoms with Gasteiger partial charge in [-0.2, -0.15) is 0 Å². The van der Waals surface area contributed by atoms with Crippen molar-refractivity contribution in [3.8, 4) is 11.5 Å². The van der Waals surface area contributed by atoms with Crippen LogP contribution < -0.4 is 4.74 Å². The van der Waals surface area contributed by atoms with Crippen molar-refractivity contribution in [2.45, 2.75) is 51.4 Å². The number of carbonyl (C=O) groups excluding carboxylic acids is 2. The van der Waals surface area contributed by atoms with Gasteiger partial charge in [0.25, 0.3) is 5.69 Å². The van der Waals surface area contributed by atoms with Gasteiger partial charge in [0.1, 0.15) is 5.75 Å². The number of ketones is 2. The number of rotatable bonds is 6. The fourth-order valence-electron chi connectivity index (χ4n) is 5.77. The molecule has 0 spiro atoms. The third-order valence-electron chi connectivity index (χ3n) is 7.31. The van der Waals surface area contributed by atoms with Crippen LogP contribution in [0.25, 0.3) is 0 Å². The number of ether oxygens (including phenoxy) is 1. The van der Waals surface area contributed by atoms with Crippen molar-refractivity contribution >= 4 is 54.8 Å². The van der Waals surface area contributed by atoms with Crippen molar-refractivity contribution < 1.29 is 24.2 Å². The predicted octanol–water partition coefficient (Wildman–Crippen LogP) is 7.25. The lowest BCUT2D eigenvalue weighted by atomic mass is 9.70. The molecule has 1 aliphatic heterocycles. The number of non-ortho nitro benzene ring substituents is 1. The summed E-state index contributed by atoms with van der Waals surface area (Å²) in [5, 5.41) is 23.0. The van der Waals surface area contributed by atoms with E-state index < -0.39 is 27.1 Å². The zero-order valence-electron chi connectivity index (χ0n) is 20.9. The molecule has 0 saturated carbocycles. The van der Waals surface area contributed by atoms with Crippen molar-refractivity contribution in [3.05, 3.63) is 87.6 Å². The van der Waals surface area contributed by atoms with Crippen LogP contribution in [0.2, 0.25) is 0 Å². The first-order valence-corrected chi connectivity index (χ1v) is 14.1. The van der Waals surface area contributed by atoms with Crippen LogP contribution in [0.15, 0.2) is 61.8 Å². The second-order valence-electron chi connectivity index (χ2n) is 9.53. The van der Waals surface area contributed by atoms with Crippen LogP contribution >= 0.6 is 31.9 Å². The zero-order valence-corrected chi connectivity index (χ0v) is 24.0. The number of benzene rings is 2. The Hall–Kier alpha value is -3.38. The molecule has 0 unspecified atom stereocenters. The lowest BCUT2D eigenvalue weighted by molar-refractivity contribution is -0.394. The van der Waals surface area contributed by atoms with Crippen LogP contribution in [0.5, 0.6) is 11.5 Å². The number of nitrogens with zero attached hydrogens (tertiary/aromatic N) is 3. The molecule has 1 heterocycles. The maximum atomic E-state index is 13.5. The molecule has 0 amide bonds. The first-order valence-electron chi connectivity index (χ1n) is 12.5. The summed E-state index contributed by atoms with van der Waals surface area (Å²) in [6.07, 6.45) is 3.58. The summed E-state index contributed by atoms with van der Waals surface area (Å²) >= 11 is 7.02. The van der Waals surface area contributed by atoms with E-state index >= 15 is 0 Å². The molecular formula is C27H23Br2N3O7. The minimum absolute atomic E-state index is 0.0343. The van der Waals surface area contributed by atoms with Gasteiger partial charge in [0, 0.05) is 63.9 Å². The Morgan fingerprint density at radius 1 is 0.923 bits per heavy atom. The third kappa shape index (κ3) is 4.80. The Morgan fingerprint density at radius 3 is 2.08 bits per heavy atom. The number of hydrogen-bond donors (Lipinski definition) is 0. The molecule has 2 aromatic rings. The second kappa shape index (κ2) is 10.6. The molecule has 0 N–H and O–H groups in total. The van der Waals surface area contributed by atoms with Gasteiger partial charge in [-0.3, -0.25) is 29.8 Å². The van der Waals surface area contributed by atoms with Crippen molar-refractivity contribution in [2.75, 3.05) is 6.54 Å². The molecular weight excluding hydrogens is 638 g/mol. The van der Waals surface area contributed by atoms with Crippen LogP contribution in [0.1, 0.15) is 56.9 Å². The number of halogens is 2. The SMILES string of the molecule is CCN1C2=C(C(=O)CCC2)C(c2cc(Br)cc(Br)c2Oc2ccc([N+](=O)[O-])cc2[N+](=O)[O-])C2=C1CCCC2=O. The van der Waals surface area contributed by atoms with E-state index in [2.05, 4.69) is 36.8 Å². The molecule has 3 aliphatic rings. The smallest absolute Gasteiger partial charge is 0.318 e.